The monoisotopic (exact) mass is 354 g/mol. The van der Waals surface area contributed by atoms with E-state index in [9.17, 15) is 14.0 Å². The molecule has 2 amide bonds. The van der Waals surface area contributed by atoms with Gasteiger partial charge < -0.3 is 14.5 Å². The van der Waals surface area contributed by atoms with E-state index in [1.165, 1.54) is 12.1 Å². The van der Waals surface area contributed by atoms with Crippen LogP contribution in [-0.4, -0.2) is 44.0 Å². The number of hydrogen-bond acceptors (Lipinski definition) is 3. The molecule has 1 spiro atoms. The van der Waals surface area contributed by atoms with Gasteiger partial charge in [-0.2, -0.15) is 0 Å². The first-order valence-electron chi connectivity index (χ1n) is 8.48. The lowest BCUT2D eigenvalue weighted by Gasteiger charge is -2.23. The van der Waals surface area contributed by atoms with Crippen LogP contribution in [0.1, 0.15) is 22.3 Å². The smallest absolute Gasteiger partial charge is 0.256 e. The summed E-state index contributed by atoms with van der Waals surface area (Å²) < 4.78 is 19.3. The first kappa shape index (κ1) is 16.6. The van der Waals surface area contributed by atoms with Crippen molar-refractivity contribution in [2.24, 2.45) is 0 Å². The Morgan fingerprint density at radius 2 is 2.00 bits per heavy atom. The Hall–Kier alpha value is -2.89. The molecule has 0 N–H and O–H groups in total. The minimum atomic E-state index is -0.792. The van der Waals surface area contributed by atoms with Crippen molar-refractivity contribution in [3.8, 4) is 5.75 Å². The molecule has 2 aliphatic heterocycles. The number of carbonyl (C=O) groups excluding carboxylic acids is 2. The second kappa shape index (κ2) is 5.83. The molecule has 0 bridgehead atoms. The van der Waals surface area contributed by atoms with Crippen molar-refractivity contribution >= 4 is 17.5 Å². The van der Waals surface area contributed by atoms with Gasteiger partial charge in [-0.1, -0.05) is 12.1 Å². The topological polar surface area (TPSA) is 49.9 Å². The van der Waals surface area contributed by atoms with Crippen LogP contribution in [0, 0.1) is 5.82 Å². The summed E-state index contributed by atoms with van der Waals surface area (Å²) in [6, 6.07) is 11.5. The van der Waals surface area contributed by atoms with Gasteiger partial charge >= 0.3 is 0 Å². The number of likely N-dealkylation sites (N-methyl/N-ethyl adjacent to an activating group) is 1. The van der Waals surface area contributed by atoms with Crippen molar-refractivity contribution in [1.29, 1.82) is 0 Å². The van der Waals surface area contributed by atoms with Crippen molar-refractivity contribution in [3.05, 3.63) is 59.4 Å². The molecule has 134 valence electrons. The Kier molecular flexibility index (Phi) is 3.72. The zero-order valence-corrected chi connectivity index (χ0v) is 14.7. The number of hydrogen-bond donors (Lipinski definition) is 0. The summed E-state index contributed by atoms with van der Waals surface area (Å²) in [6.07, 6.45) is 0.510. The van der Waals surface area contributed by atoms with Gasteiger partial charge in [0.1, 0.15) is 11.6 Å². The molecule has 0 aliphatic carbocycles. The normalized spacial score (nSPS) is 21.4. The van der Waals surface area contributed by atoms with E-state index in [4.69, 9.17) is 4.74 Å². The van der Waals surface area contributed by atoms with Crippen molar-refractivity contribution in [1.82, 2.24) is 4.90 Å². The second-order valence-corrected chi connectivity index (χ2v) is 6.79. The Bertz CT molecular complexity index is 914. The molecule has 2 heterocycles. The van der Waals surface area contributed by atoms with Gasteiger partial charge in [-0.15, -0.1) is 0 Å². The van der Waals surface area contributed by atoms with Crippen molar-refractivity contribution in [2.45, 2.75) is 11.8 Å². The minimum Gasteiger partial charge on any atom is -0.497 e. The lowest BCUT2D eigenvalue weighted by atomic mass is 9.81. The van der Waals surface area contributed by atoms with Crippen molar-refractivity contribution in [2.75, 3.05) is 32.1 Å². The molecule has 0 aromatic heterocycles. The number of anilines is 1. The first-order chi connectivity index (χ1) is 12.5. The van der Waals surface area contributed by atoms with Crippen molar-refractivity contribution in [3.63, 3.8) is 0 Å². The van der Waals surface area contributed by atoms with E-state index < -0.39 is 11.2 Å². The highest BCUT2D eigenvalue weighted by Crippen LogP contribution is 2.48. The molecular formula is C20H19FN2O3. The van der Waals surface area contributed by atoms with Crippen LogP contribution in [0.2, 0.25) is 0 Å². The number of methoxy groups -OCH3 is 1. The van der Waals surface area contributed by atoms with E-state index in [1.807, 2.05) is 18.2 Å². The van der Waals surface area contributed by atoms with Gasteiger partial charge in [-0.25, -0.2) is 4.39 Å². The summed E-state index contributed by atoms with van der Waals surface area (Å²) in [6.45, 7) is 0.646. The van der Waals surface area contributed by atoms with Gasteiger partial charge in [0.15, 0.2) is 0 Å². The summed E-state index contributed by atoms with van der Waals surface area (Å²) in [4.78, 5) is 29.0. The number of rotatable bonds is 2. The maximum Gasteiger partial charge on any atom is 0.256 e. The third kappa shape index (κ3) is 2.21. The van der Waals surface area contributed by atoms with E-state index >= 15 is 0 Å². The molecule has 5 nitrogen and oxygen atoms in total. The minimum absolute atomic E-state index is 0.0363. The van der Waals surface area contributed by atoms with Gasteiger partial charge in [0.05, 0.1) is 18.1 Å². The second-order valence-electron chi connectivity index (χ2n) is 6.79. The third-order valence-corrected chi connectivity index (χ3v) is 5.46. The summed E-state index contributed by atoms with van der Waals surface area (Å²) in [5.74, 6) is -0.295. The molecule has 1 fully saturated rings. The fourth-order valence-electron chi connectivity index (χ4n) is 4.05. The lowest BCUT2D eigenvalue weighted by molar-refractivity contribution is -0.122. The van der Waals surface area contributed by atoms with Crippen LogP contribution in [-0.2, 0) is 10.2 Å². The Morgan fingerprint density at radius 3 is 2.73 bits per heavy atom. The van der Waals surface area contributed by atoms with E-state index in [0.29, 0.717) is 18.7 Å². The molecule has 0 radical (unpaired) electrons. The van der Waals surface area contributed by atoms with Crippen LogP contribution in [0.5, 0.6) is 5.75 Å². The molecule has 2 aliphatic rings. The quantitative estimate of drug-likeness (QED) is 0.833. The largest absolute Gasteiger partial charge is 0.497 e. The van der Waals surface area contributed by atoms with Crippen LogP contribution in [0.3, 0.4) is 0 Å². The standard InChI is InChI=1S/C20H19FN2O3/c1-22-17-8-7-13(26-2)11-15(17)20(19(22)25)9-10-23(12-20)18(24)14-5-3-4-6-16(14)21/h3-8,11H,9-10,12H2,1-2H3. The highest BCUT2D eigenvalue weighted by Gasteiger charge is 2.54. The van der Waals surface area contributed by atoms with Gasteiger partial charge in [-0.05, 0) is 42.3 Å². The van der Waals surface area contributed by atoms with Gasteiger partial charge in [0.25, 0.3) is 5.91 Å². The van der Waals surface area contributed by atoms with Crippen LogP contribution < -0.4 is 9.64 Å². The van der Waals surface area contributed by atoms with Crippen LogP contribution >= 0.6 is 0 Å². The van der Waals surface area contributed by atoms with Gasteiger partial charge in [0, 0.05) is 25.8 Å². The highest BCUT2D eigenvalue weighted by atomic mass is 19.1. The molecule has 4 rings (SSSR count). The zero-order valence-electron chi connectivity index (χ0n) is 14.7. The maximum absolute atomic E-state index is 14.0. The molecular weight excluding hydrogens is 335 g/mol. The van der Waals surface area contributed by atoms with E-state index in [2.05, 4.69) is 0 Å². The van der Waals surface area contributed by atoms with Gasteiger partial charge in [0.2, 0.25) is 5.91 Å². The number of halogens is 1. The molecule has 1 atom stereocenters. The lowest BCUT2D eigenvalue weighted by Crippen LogP contribution is -2.42. The molecule has 1 unspecified atom stereocenters. The highest BCUT2D eigenvalue weighted by molar-refractivity contribution is 6.09. The number of carbonyl (C=O) groups is 2. The van der Waals surface area contributed by atoms with E-state index in [-0.39, 0.29) is 23.9 Å². The molecule has 0 saturated carbocycles. The van der Waals surface area contributed by atoms with Gasteiger partial charge in [-0.3, -0.25) is 9.59 Å². The summed E-state index contributed by atoms with van der Waals surface area (Å²) >= 11 is 0. The molecule has 2 aromatic carbocycles. The maximum atomic E-state index is 14.0. The number of fused-ring (bicyclic) bond motifs is 2. The van der Waals surface area contributed by atoms with E-state index in [0.717, 1.165) is 11.3 Å². The third-order valence-electron chi connectivity index (χ3n) is 5.46. The zero-order chi connectivity index (χ0) is 18.5. The first-order valence-corrected chi connectivity index (χ1v) is 8.48. The number of amides is 2. The average Bonchev–Trinajstić information content (AvgIpc) is 3.19. The Morgan fingerprint density at radius 1 is 1.23 bits per heavy atom. The molecule has 2 aromatic rings. The number of benzene rings is 2. The fraction of sp³-hybridized carbons (Fsp3) is 0.300. The Balaban J connectivity index is 1.71. The molecule has 26 heavy (non-hydrogen) atoms. The van der Waals surface area contributed by atoms with Crippen LogP contribution in [0.25, 0.3) is 0 Å². The molecule has 6 heteroatoms. The predicted octanol–water partition coefficient (Wildman–Crippen LogP) is 2.59. The van der Waals surface area contributed by atoms with E-state index in [1.54, 1.807) is 36.1 Å². The SMILES string of the molecule is COc1ccc2c(c1)C1(CCN(C(=O)c3ccccc3F)C1)C(=O)N2C. The van der Waals surface area contributed by atoms with Crippen LogP contribution in [0.4, 0.5) is 10.1 Å². The number of nitrogens with zero attached hydrogens (tertiary/aromatic N) is 2. The van der Waals surface area contributed by atoms with Crippen molar-refractivity contribution < 1.29 is 18.7 Å². The molecule has 1 saturated heterocycles. The number of ether oxygens (including phenoxy) is 1. The average molecular weight is 354 g/mol. The summed E-state index contributed by atoms with van der Waals surface area (Å²) in [5, 5.41) is 0. The summed E-state index contributed by atoms with van der Waals surface area (Å²) in [5.41, 5.74) is 0.942. The predicted molar refractivity (Wildman–Crippen MR) is 95.0 cm³/mol. The Labute approximate surface area is 151 Å². The number of likely N-dealkylation sites (tertiary alicyclic amines) is 1. The summed E-state index contributed by atoms with van der Waals surface area (Å²) in [7, 11) is 3.32. The van der Waals surface area contributed by atoms with Crippen LogP contribution in [0.15, 0.2) is 42.5 Å². The fourth-order valence-corrected chi connectivity index (χ4v) is 4.05.